The molecule has 5 N–H and O–H groups in total. The fourth-order valence-corrected chi connectivity index (χ4v) is 7.82. The maximum atomic E-state index is 13.9. The van der Waals surface area contributed by atoms with Crippen LogP contribution < -0.4 is 20.7 Å². The molecule has 4 atom stereocenters. The Morgan fingerprint density at radius 3 is 2.32 bits per heavy atom. The van der Waals surface area contributed by atoms with Crippen molar-refractivity contribution in [3.63, 3.8) is 0 Å². The van der Waals surface area contributed by atoms with Crippen molar-refractivity contribution in [3.05, 3.63) is 99.9 Å². The van der Waals surface area contributed by atoms with Gasteiger partial charge in [0.05, 0.1) is 55.4 Å². The van der Waals surface area contributed by atoms with E-state index in [9.17, 15) is 42.6 Å². The molecule has 3 unspecified atom stereocenters. The van der Waals surface area contributed by atoms with Crippen LogP contribution in [0.5, 0.6) is 11.5 Å². The van der Waals surface area contributed by atoms with Gasteiger partial charge in [-0.25, -0.2) is 4.98 Å². The van der Waals surface area contributed by atoms with Gasteiger partial charge in [0.2, 0.25) is 17.7 Å². The number of aliphatic carboxylic acids is 1. The number of carboxylic acid groups (broad SMARTS) is 1. The molecular weight excluding hydrogens is 866 g/mol. The third kappa shape index (κ3) is 13.9. The van der Waals surface area contributed by atoms with Crippen LogP contribution in [0.1, 0.15) is 49.6 Å². The molecule has 0 saturated carbocycles. The molecule has 4 aromatic rings. The number of carboxylic acids is 1. The highest BCUT2D eigenvalue weighted by molar-refractivity contribution is 6.31. The Morgan fingerprint density at radius 2 is 1.68 bits per heavy atom. The number of nitrogens with one attached hydrogen (secondary N) is 3. The topological polar surface area (TPSA) is 178 Å². The summed E-state index contributed by atoms with van der Waals surface area (Å²) in [7, 11) is 5.92. The molecule has 1 saturated heterocycles. The summed E-state index contributed by atoms with van der Waals surface area (Å²) in [4.78, 5) is 60.1. The Kier molecular flexibility index (Phi) is 16.6. The van der Waals surface area contributed by atoms with E-state index in [2.05, 4.69) is 20.9 Å². The second-order valence-electron chi connectivity index (χ2n) is 16.1. The number of carbonyl (C=O) groups excluding carboxylic acids is 3. The molecule has 19 heteroatoms. The zero-order valence-corrected chi connectivity index (χ0v) is 36.9. The van der Waals surface area contributed by atoms with E-state index in [0.29, 0.717) is 39.2 Å². The summed E-state index contributed by atoms with van der Waals surface area (Å²) in [6, 6.07) is 16.9. The molecule has 1 aromatic heterocycles. The number of carbonyl (C=O) groups is 4. The number of aliphatic hydroxyl groups excluding tert-OH is 1. The highest BCUT2D eigenvalue weighted by atomic mass is 35.5. The number of aliphatic hydroxyl groups is 1. The van der Waals surface area contributed by atoms with E-state index in [-0.39, 0.29) is 38.9 Å². The number of alkyl halides is 3. The second kappa shape index (κ2) is 21.5. The van der Waals surface area contributed by atoms with Gasteiger partial charge in [-0.3, -0.25) is 19.2 Å². The van der Waals surface area contributed by atoms with Gasteiger partial charge in [-0.15, -0.1) is 0 Å². The van der Waals surface area contributed by atoms with E-state index >= 15 is 0 Å². The van der Waals surface area contributed by atoms with Crippen molar-refractivity contribution in [2.45, 2.75) is 75.9 Å². The van der Waals surface area contributed by atoms with Gasteiger partial charge in [-0.05, 0) is 94.4 Å². The number of hydrogen-bond acceptors (Lipinski definition) is 9. The lowest BCUT2D eigenvalue weighted by molar-refractivity contribution is -0.164. The van der Waals surface area contributed by atoms with Crippen LogP contribution in [0.4, 0.5) is 13.2 Å². The first kappa shape index (κ1) is 48.8. The summed E-state index contributed by atoms with van der Waals surface area (Å²) < 4.78 is 48.6. The van der Waals surface area contributed by atoms with E-state index < -0.39 is 72.9 Å². The number of rotatable bonds is 19. The molecule has 0 bridgehead atoms. The van der Waals surface area contributed by atoms with Crippen molar-refractivity contribution in [1.82, 2.24) is 35.3 Å². The number of halogens is 5. The minimum absolute atomic E-state index is 0.0331. The van der Waals surface area contributed by atoms with E-state index in [0.717, 1.165) is 22.0 Å². The van der Waals surface area contributed by atoms with Crippen molar-refractivity contribution in [3.8, 4) is 22.8 Å². The first-order chi connectivity index (χ1) is 29.7. The average molecular weight is 919 g/mol. The molecule has 2 heterocycles. The summed E-state index contributed by atoms with van der Waals surface area (Å²) in [5.74, 6) is -3.95. The molecule has 1 fully saturated rings. The number of hydrogen-bond donors (Lipinski definition) is 5. The summed E-state index contributed by atoms with van der Waals surface area (Å²) in [6.45, 7) is 1.38. The smallest absolute Gasteiger partial charge is 0.389 e. The van der Waals surface area contributed by atoms with Crippen molar-refractivity contribution in [2.75, 3.05) is 33.8 Å². The molecule has 14 nitrogen and oxygen atoms in total. The van der Waals surface area contributed by atoms with E-state index in [1.165, 1.54) is 0 Å². The Bertz CT molecular complexity index is 2220. The molecule has 0 aliphatic carbocycles. The van der Waals surface area contributed by atoms with Crippen LogP contribution in [0.2, 0.25) is 10.0 Å². The third-order valence-electron chi connectivity index (χ3n) is 10.7. The van der Waals surface area contributed by atoms with Gasteiger partial charge in [0.15, 0.2) is 0 Å². The zero-order chi connectivity index (χ0) is 46.1. The standard InChI is InChI=1S/C44H52Cl2F3N7O7/c1-27(50-22-30-8-13-33(46)19-37(30)63-34-14-9-29(10-15-34)36-23-51-38(55(36)4)24-54(2)3)40(60)52-35(25-57)41(61)53-43(20-28-6-11-32(45)12-7-28)16-5-17-56(26-43)42(62)31(18-39(58)59)21-44(47,48)49/h6-15,19,23,27,31,35,50,57H,5,16-18,20-22,24-26H2,1-4H3,(H,52,60)(H,53,61)(H,58,59)/t27?,31?,35?,43-/m1/s1. The fraction of sp³-hybridized carbons (Fsp3) is 0.432. The monoisotopic (exact) mass is 917 g/mol. The minimum atomic E-state index is -4.80. The van der Waals surface area contributed by atoms with Gasteiger partial charge in [-0.1, -0.05) is 41.4 Å². The molecule has 1 aliphatic heterocycles. The predicted molar refractivity (Wildman–Crippen MR) is 231 cm³/mol. The van der Waals surface area contributed by atoms with Crippen LogP contribution in [-0.2, 0) is 45.7 Å². The summed E-state index contributed by atoms with van der Waals surface area (Å²) in [6.07, 6.45) is -4.99. The van der Waals surface area contributed by atoms with Crippen LogP contribution >= 0.6 is 23.2 Å². The number of aromatic nitrogens is 2. The summed E-state index contributed by atoms with van der Waals surface area (Å²) in [5, 5.41) is 29.1. The van der Waals surface area contributed by atoms with Gasteiger partial charge in [-0.2, -0.15) is 13.2 Å². The normalized spacial score (nSPS) is 16.9. The average Bonchev–Trinajstić information content (AvgIpc) is 3.57. The molecular formula is C44H52Cl2F3N7O7. The number of nitrogens with zero attached hydrogens (tertiary/aromatic N) is 4. The Hall–Kier alpha value is -5.20. The number of benzene rings is 3. The molecule has 340 valence electrons. The number of amides is 3. The quantitative estimate of drug-likeness (QED) is 0.0754. The van der Waals surface area contributed by atoms with Crippen LogP contribution in [0.15, 0.2) is 72.9 Å². The van der Waals surface area contributed by atoms with Crippen LogP contribution in [0.25, 0.3) is 11.3 Å². The number of likely N-dealkylation sites (tertiary alicyclic amines) is 1. The predicted octanol–water partition coefficient (Wildman–Crippen LogP) is 5.97. The third-order valence-corrected chi connectivity index (χ3v) is 11.2. The number of imidazole rings is 1. The van der Waals surface area contributed by atoms with Crippen LogP contribution in [0, 0.1) is 5.92 Å². The highest BCUT2D eigenvalue weighted by Crippen LogP contribution is 2.33. The van der Waals surface area contributed by atoms with Crippen molar-refractivity contribution in [1.29, 1.82) is 0 Å². The summed E-state index contributed by atoms with van der Waals surface area (Å²) >= 11 is 12.4. The van der Waals surface area contributed by atoms with Gasteiger partial charge in [0.1, 0.15) is 23.4 Å². The number of ether oxygens (including phenoxy) is 1. The van der Waals surface area contributed by atoms with Crippen molar-refractivity contribution in [2.24, 2.45) is 13.0 Å². The Morgan fingerprint density at radius 1 is 1.00 bits per heavy atom. The molecule has 3 aromatic carbocycles. The first-order valence-electron chi connectivity index (χ1n) is 20.2. The van der Waals surface area contributed by atoms with Gasteiger partial charge < -0.3 is 45.3 Å². The van der Waals surface area contributed by atoms with E-state index in [1.807, 2.05) is 61.1 Å². The lowest BCUT2D eigenvalue weighted by atomic mass is 9.82. The molecule has 0 spiro atoms. The first-order valence-corrected chi connectivity index (χ1v) is 21.0. The van der Waals surface area contributed by atoms with E-state index in [1.54, 1.807) is 49.4 Å². The maximum Gasteiger partial charge on any atom is 0.389 e. The highest BCUT2D eigenvalue weighted by Gasteiger charge is 2.44. The maximum absolute atomic E-state index is 13.9. The van der Waals surface area contributed by atoms with Crippen molar-refractivity contribution < 1.29 is 47.3 Å². The minimum Gasteiger partial charge on any atom is -0.481 e. The van der Waals surface area contributed by atoms with Gasteiger partial charge in [0, 0.05) is 47.9 Å². The number of piperidine rings is 1. The largest absolute Gasteiger partial charge is 0.481 e. The Balaban J connectivity index is 1.25. The molecule has 0 radical (unpaired) electrons. The van der Waals surface area contributed by atoms with Crippen LogP contribution in [0.3, 0.4) is 0 Å². The Labute approximate surface area is 373 Å². The fourth-order valence-electron chi connectivity index (χ4n) is 7.53. The molecule has 63 heavy (non-hydrogen) atoms. The molecule has 1 aliphatic rings. The molecule has 3 amide bonds. The second-order valence-corrected chi connectivity index (χ2v) is 17.0. The summed E-state index contributed by atoms with van der Waals surface area (Å²) in [5.41, 5.74) is 1.96. The zero-order valence-electron chi connectivity index (χ0n) is 35.3. The van der Waals surface area contributed by atoms with Crippen molar-refractivity contribution >= 4 is 46.9 Å². The van der Waals surface area contributed by atoms with Gasteiger partial charge in [0.25, 0.3) is 0 Å². The van der Waals surface area contributed by atoms with Gasteiger partial charge >= 0.3 is 12.1 Å². The lowest BCUT2D eigenvalue weighted by Crippen LogP contribution is -2.65. The SMILES string of the molecule is CC(NCc1ccc(Cl)cc1Oc1ccc(-c2cnc(CN(C)C)n2C)cc1)C(=O)NC(CO)C(=O)N[C@@]1(Cc2ccc(Cl)cc2)CCCN(C(=O)C(CC(=O)O)CC(F)(F)F)C1. The van der Waals surface area contributed by atoms with Crippen LogP contribution in [-0.4, -0.2) is 111 Å². The molecule has 5 rings (SSSR count). The lowest BCUT2D eigenvalue weighted by Gasteiger charge is -2.45. The van der Waals surface area contributed by atoms with E-state index in [4.69, 9.17) is 27.9 Å².